The zero-order chi connectivity index (χ0) is 25.7. The number of nitrogens with zero attached hydrogens (tertiary/aromatic N) is 2. The molecular weight excluding hydrogens is 478 g/mol. The summed E-state index contributed by atoms with van der Waals surface area (Å²) in [5.74, 6) is 0.316. The molecule has 1 aliphatic rings. The van der Waals surface area contributed by atoms with Crippen molar-refractivity contribution < 1.29 is 14.3 Å². The van der Waals surface area contributed by atoms with Gasteiger partial charge in [0.25, 0.3) is 5.56 Å². The van der Waals surface area contributed by atoms with Gasteiger partial charge in [-0.25, -0.2) is 9.78 Å². The van der Waals surface area contributed by atoms with E-state index in [0.29, 0.717) is 31.7 Å². The highest BCUT2D eigenvalue weighted by atomic mass is 35.5. The third-order valence-corrected chi connectivity index (χ3v) is 6.73. The third-order valence-electron chi connectivity index (χ3n) is 6.45. The molecule has 1 aliphatic heterocycles. The molecule has 1 aromatic heterocycles. The van der Waals surface area contributed by atoms with Crippen LogP contribution >= 0.6 is 11.6 Å². The van der Waals surface area contributed by atoms with E-state index in [1.165, 1.54) is 4.57 Å². The number of hydrogen-bond acceptors (Lipinski definition) is 6. The summed E-state index contributed by atoms with van der Waals surface area (Å²) in [5.41, 5.74) is 3.30. The molecule has 0 fully saturated rings. The molecule has 190 valence electrons. The zero-order valence-electron chi connectivity index (χ0n) is 20.9. The fourth-order valence-corrected chi connectivity index (χ4v) is 5.06. The largest absolute Gasteiger partial charge is 0.497 e. The van der Waals surface area contributed by atoms with Crippen molar-refractivity contribution in [1.29, 1.82) is 0 Å². The van der Waals surface area contributed by atoms with Gasteiger partial charge in [0.05, 0.1) is 19.4 Å². The van der Waals surface area contributed by atoms with Crippen LogP contribution in [0, 0.1) is 6.92 Å². The minimum absolute atomic E-state index is 0.107. The Morgan fingerprint density at radius 3 is 2.69 bits per heavy atom. The summed E-state index contributed by atoms with van der Waals surface area (Å²) < 4.78 is 12.4. The first kappa shape index (κ1) is 25.8. The smallest absolute Gasteiger partial charge is 0.329 e. The molecule has 0 unspecified atom stereocenters. The molecule has 0 radical (unpaired) electrons. The van der Waals surface area contributed by atoms with E-state index in [0.717, 1.165) is 35.3 Å². The van der Waals surface area contributed by atoms with Gasteiger partial charge in [-0.1, -0.05) is 61.3 Å². The second-order valence-electron chi connectivity index (χ2n) is 9.18. The molecule has 3 aromatic rings. The quantitative estimate of drug-likeness (QED) is 0.289. The van der Waals surface area contributed by atoms with Crippen LogP contribution in [0.5, 0.6) is 5.75 Å². The number of carbonyl (C=O) groups excluding carboxylic acids is 1. The number of carbonyl (C=O) groups is 1. The minimum Gasteiger partial charge on any atom is -0.497 e. The maximum Gasteiger partial charge on any atom is 0.329 e. The predicted octanol–water partition coefficient (Wildman–Crippen LogP) is 5.44. The van der Waals surface area contributed by atoms with Crippen LogP contribution in [0.2, 0.25) is 5.15 Å². The maximum atomic E-state index is 13.6. The number of fused-ring (bicyclic) bond motifs is 1. The number of ether oxygens (including phenoxy) is 2. The van der Waals surface area contributed by atoms with E-state index >= 15 is 0 Å². The van der Waals surface area contributed by atoms with E-state index in [1.54, 1.807) is 7.11 Å². The number of unbranched alkanes of at least 4 members (excludes halogenated alkanes) is 1. The number of esters is 1. The Balaban J connectivity index is 1.66. The summed E-state index contributed by atoms with van der Waals surface area (Å²) in [5, 5.41) is 3.34. The van der Waals surface area contributed by atoms with E-state index in [2.05, 4.69) is 10.3 Å². The number of nitrogens with one attached hydrogen (secondary N) is 1. The summed E-state index contributed by atoms with van der Waals surface area (Å²) >= 11 is 6.68. The Morgan fingerprint density at radius 1 is 1.19 bits per heavy atom. The second-order valence-corrected chi connectivity index (χ2v) is 9.54. The van der Waals surface area contributed by atoms with E-state index in [-0.39, 0.29) is 22.4 Å². The molecule has 1 N–H and O–H groups in total. The van der Waals surface area contributed by atoms with Gasteiger partial charge < -0.3 is 14.8 Å². The fourth-order valence-electron chi connectivity index (χ4n) is 4.73. The van der Waals surface area contributed by atoms with Gasteiger partial charge >= 0.3 is 5.97 Å². The van der Waals surface area contributed by atoms with Crippen LogP contribution in [0.1, 0.15) is 60.5 Å². The molecule has 2 aromatic carbocycles. The van der Waals surface area contributed by atoms with Gasteiger partial charge in [-0.05, 0) is 55.0 Å². The monoisotopic (exact) mass is 509 g/mol. The van der Waals surface area contributed by atoms with Crippen LogP contribution in [0.3, 0.4) is 0 Å². The van der Waals surface area contributed by atoms with Gasteiger partial charge in [0.15, 0.2) is 11.0 Å². The molecule has 36 heavy (non-hydrogen) atoms. The molecule has 2 heterocycles. The van der Waals surface area contributed by atoms with Crippen molar-refractivity contribution >= 4 is 23.4 Å². The molecule has 8 heteroatoms. The van der Waals surface area contributed by atoms with E-state index in [4.69, 9.17) is 21.1 Å². The van der Waals surface area contributed by atoms with Gasteiger partial charge in [0.2, 0.25) is 0 Å². The van der Waals surface area contributed by atoms with Crippen LogP contribution in [-0.2, 0) is 22.5 Å². The summed E-state index contributed by atoms with van der Waals surface area (Å²) in [6.45, 7) is 4.70. The number of aromatic nitrogens is 2. The molecule has 2 atom stereocenters. The zero-order valence-corrected chi connectivity index (χ0v) is 21.7. The van der Waals surface area contributed by atoms with Crippen LogP contribution in [0.25, 0.3) is 0 Å². The van der Waals surface area contributed by atoms with Crippen molar-refractivity contribution in [2.45, 2.75) is 58.0 Å². The Bertz CT molecular complexity index is 1280. The van der Waals surface area contributed by atoms with Crippen molar-refractivity contribution in [2.24, 2.45) is 0 Å². The minimum atomic E-state index is -0.738. The molecule has 4 rings (SSSR count). The van der Waals surface area contributed by atoms with E-state index < -0.39 is 12.0 Å². The number of benzene rings is 2. The maximum absolute atomic E-state index is 13.6. The van der Waals surface area contributed by atoms with Gasteiger partial charge in [0.1, 0.15) is 11.8 Å². The highest BCUT2D eigenvalue weighted by molar-refractivity contribution is 6.30. The average Bonchev–Trinajstić information content (AvgIpc) is 3.25. The number of hydrogen-bond donors (Lipinski definition) is 1. The van der Waals surface area contributed by atoms with Crippen molar-refractivity contribution in [3.8, 4) is 5.75 Å². The Hall–Kier alpha value is -3.32. The van der Waals surface area contributed by atoms with Crippen LogP contribution in [0.4, 0.5) is 5.82 Å². The second kappa shape index (κ2) is 11.6. The molecule has 0 spiro atoms. The fraction of sp³-hybridized carbons (Fsp3) is 0.393. The topological polar surface area (TPSA) is 82.5 Å². The Morgan fingerprint density at radius 2 is 1.97 bits per heavy atom. The first-order chi connectivity index (χ1) is 17.4. The highest BCUT2D eigenvalue weighted by Gasteiger charge is 2.40. The standard InChI is InChI=1S/C28H32ClN3O4/c1-4-5-11-36-28(34)23-16-21(14-19-9-7-6-8-10-19)24-25(29)31-26(27(33)32(23)24)30-17-20-12-18(2)13-22(15-20)35-3/h6-10,12-13,15,21,23H,4-5,11,14,16-17H2,1-3H3,(H,30,31)/t21-,23-/m0/s1. The first-order valence-corrected chi connectivity index (χ1v) is 12.7. The molecule has 0 aliphatic carbocycles. The van der Waals surface area contributed by atoms with Gasteiger partial charge in [-0.15, -0.1) is 0 Å². The van der Waals surface area contributed by atoms with Crippen molar-refractivity contribution in [3.05, 3.63) is 86.4 Å². The van der Waals surface area contributed by atoms with Crippen LogP contribution < -0.4 is 15.6 Å². The van der Waals surface area contributed by atoms with Gasteiger partial charge in [-0.2, -0.15) is 0 Å². The summed E-state index contributed by atoms with van der Waals surface area (Å²) in [7, 11) is 1.62. The molecular formula is C28H32ClN3O4. The molecule has 0 amide bonds. The van der Waals surface area contributed by atoms with E-state index in [9.17, 15) is 9.59 Å². The lowest BCUT2D eigenvalue weighted by atomic mass is 9.94. The number of methoxy groups -OCH3 is 1. The summed E-state index contributed by atoms with van der Waals surface area (Å²) in [4.78, 5) is 31.1. The van der Waals surface area contributed by atoms with Crippen LogP contribution in [-0.4, -0.2) is 29.2 Å². The number of anilines is 1. The number of aryl methyl sites for hydroxylation is 1. The summed E-state index contributed by atoms with van der Waals surface area (Å²) in [6, 6.07) is 15.1. The highest BCUT2D eigenvalue weighted by Crippen LogP contribution is 2.41. The molecule has 7 nitrogen and oxygen atoms in total. The Labute approximate surface area is 216 Å². The number of rotatable bonds is 10. The van der Waals surface area contributed by atoms with E-state index in [1.807, 2.05) is 62.4 Å². The molecule has 0 bridgehead atoms. The molecule has 0 saturated carbocycles. The van der Waals surface area contributed by atoms with Gasteiger partial charge in [-0.3, -0.25) is 9.36 Å². The lowest BCUT2D eigenvalue weighted by molar-refractivity contribution is -0.147. The lowest BCUT2D eigenvalue weighted by Crippen LogP contribution is -2.32. The SMILES string of the molecule is CCCCOC(=O)[C@@H]1C[C@H](Cc2ccccc2)c2c(Cl)nc(NCc3cc(C)cc(OC)c3)c(=O)n21. The van der Waals surface area contributed by atoms with Crippen LogP contribution in [0.15, 0.2) is 53.3 Å². The first-order valence-electron chi connectivity index (χ1n) is 12.3. The predicted molar refractivity (Wildman–Crippen MR) is 141 cm³/mol. The van der Waals surface area contributed by atoms with Gasteiger partial charge in [0, 0.05) is 12.5 Å². The lowest BCUT2D eigenvalue weighted by Gasteiger charge is -2.16. The molecule has 0 saturated heterocycles. The van der Waals surface area contributed by atoms with Crippen molar-refractivity contribution in [2.75, 3.05) is 19.0 Å². The Kier molecular flexibility index (Phi) is 8.31. The third kappa shape index (κ3) is 5.73. The average molecular weight is 510 g/mol. The normalized spacial score (nSPS) is 16.4. The summed E-state index contributed by atoms with van der Waals surface area (Å²) in [6.07, 6.45) is 2.78. The van der Waals surface area contributed by atoms with Crippen molar-refractivity contribution in [1.82, 2.24) is 9.55 Å². The van der Waals surface area contributed by atoms with Crippen molar-refractivity contribution in [3.63, 3.8) is 0 Å². The number of halogens is 1.